The molecule has 1 aliphatic carbocycles. The Bertz CT molecular complexity index is 328. The summed E-state index contributed by atoms with van der Waals surface area (Å²) in [7, 11) is 0. The second kappa shape index (κ2) is 3.94. The van der Waals surface area contributed by atoms with Gasteiger partial charge in [-0.2, -0.15) is 0 Å². The lowest BCUT2D eigenvalue weighted by molar-refractivity contribution is 0.343. The number of fused-ring (bicyclic) bond motifs is 1. The van der Waals surface area contributed by atoms with Gasteiger partial charge in [-0.05, 0) is 48.3 Å². The zero-order valence-corrected chi connectivity index (χ0v) is 9.64. The van der Waals surface area contributed by atoms with E-state index in [4.69, 9.17) is 11.6 Å². The molecule has 0 spiro atoms. The number of halogens is 1. The number of rotatable bonds is 1. The van der Waals surface area contributed by atoms with E-state index < -0.39 is 0 Å². The molecule has 1 atom stereocenters. The molecule has 0 heterocycles. The minimum atomic E-state index is 0.794. The van der Waals surface area contributed by atoms with Gasteiger partial charge in [0.15, 0.2) is 0 Å². The molecule has 0 nitrogen and oxygen atoms in total. The molecule has 0 amide bonds. The molecule has 14 heavy (non-hydrogen) atoms. The van der Waals surface area contributed by atoms with Crippen molar-refractivity contribution < 1.29 is 0 Å². The second-order valence-electron chi connectivity index (χ2n) is 4.62. The molecule has 0 aromatic heterocycles. The smallest absolute Gasteiger partial charge is 0.0440 e. The summed E-state index contributed by atoms with van der Waals surface area (Å²) in [6, 6.07) is 6.32. The fourth-order valence-corrected chi connectivity index (χ4v) is 2.65. The van der Waals surface area contributed by atoms with E-state index in [1.165, 1.54) is 24.0 Å². The van der Waals surface area contributed by atoms with Crippen LogP contribution >= 0.6 is 11.6 Å². The first-order chi connectivity index (χ1) is 6.68. The Kier molecular flexibility index (Phi) is 2.83. The third kappa shape index (κ3) is 1.81. The van der Waals surface area contributed by atoms with Crippen molar-refractivity contribution in [3.63, 3.8) is 0 Å². The van der Waals surface area contributed by atoms with Crippen molar-refractivity contribution in [1.82, 2.24) is 0 Å². The van der Waals surface area contributed by atoms with Gasteiger partial charge in [0, 0.05) is 5.02 Å². The van der Waals surface area contributed by atoms with Crippen LogP contribution in [-0.4, -0.2) is 0 Å². The Hall–Kier alpha value is -0.490. The molecular weight excluding hydrogens is 192 g/mol. The van der Waals surface area contributed by atoms with Crippen LogP contribution in [0.2, 0.25) is 5.02 Å². The highest BCUT2D eigenvalue weighted by Gasteiger charge is 2.22. The summed E-state index contributed by atoms with van der Waals surface area (Å²) >= 11 is 6.17. The second-order valence-corrected chi connectivity index (χ2v) is 5.03. The summed E-state index contributed by atoms with van der Waals surface area (Å²) in [5.41, 5.74) is 2.87. The van der Waals surface area contributed by atoms with Gasteiger partial charge in [0.25, 0.3) is 0 Å². The molecule has 2 rings (SSSR count). The van der Waals surface area contributed by atoms with E-state index in [1.54, 1.807) is 0 Å². The molecule has 1 aliphatic rings. The summed E-state index contributed by atoms with van der Waals surface area (Å²) in [4.78, 5) is 0. The third-order valence-electron chi connectivity index (χ3n) is 3.41. The monoisotopic (exact) mass is 208 g/mol. The van der Waals surface area contributed by atoms with E-state index in [9.17, 15) is 0 Å². The highest BCUT2D eigenvalue weighted by atomic mass is 35.5. The van der Waals surface area contributed by atoms with E-state index in [2.05, 4.69) is 26.0 Å². The maximum atomic E-state index is 6.17. The lowest BCUT2D eigenvalue weighted by Gasteiger charge is -2.28. The van der Waals surface area contributed by atoms with Crippen LogP contribution in [0.4, 0.5) is 0 Å². The number of hydrogen-bond donors (Lipinski definition) is 0. The summed E-state index contributed by atoms with van der Waals surface area (Å²) in [6.07, 6.45) is 3.68. The van der Waals surface area contributed by atoms with Crippen LogP contribution in [0.25, 0.3) is 0 Å². The van der Waals surface area contributed by atoms with Crippen molar-refractivity contribution in [2.75, 3.05) is 0 Å². The molecule has 0 bridgehead atoms. The van der Waals surface area contributed by atoms with Gasteiger partial charge in [-0.3, -0.25) is 0 Å². The summed E-state index contributed by atoms with van der Waals surface area (Å²) in [6.45, 7) is 4.64. The molecule has 1 aromatic rings. The van der Waals surface area contributed by atoms with Gasteiger partial charge >= 0.3 is 0 Å². The molecule has 1 aromatic carbocycles. The van der Waals surface area contributed by atoms with Crippen molar-refractivity contribution in [2.24, 2.45) is 11.8 Å². The number of hydrogen-bond acceptors (Lipinski definition) is 0. The van der Waals surface area contributed by atoms with Crippen LogP contribution in [0.1, 0.15) is 31.4 Å². The summed E-state index contributed by atoms with van der Waals surface area (Å²) in [5.74, 6) is 1.64. The first-order valence-electron chi connectivity index (χ1n) is 5.44. The minimum absolute atomic E-state index is 0.794. The van der Waals surface area contributed by atoms with Crippen molar-refractivity contribution >= 4 is 11.6 Å². The average molecular weight is 209 g/mol. The first-order valence-corrected chi connectivity index (χ1v) is 5.82. The molecule has 0 aliphatic heterocycles. The Morgan fingerprint density at radius 3 is 2.86 bits per heavy atom. The third-order valence-corrected chi connectivity index (χ3v) is 3.76. The van der Waals surface area contributed by atoms with E-state index in [0.717, 1.165) is 23.3 Å². The van der Waals surface area contributed by atoms with Gasteiger partial charge in [-0.25, -0.2) is 0 Å². The largest absolute Gasteiger partial charge is 0.0840 e. The molecule has 1 heteroatoms. The standard InChI is InChI=1S/C13H17Cl/c1-9(2)10-6-7-12-11(8-10)4-3-5-13(12)14/h3-5,9-10H,6-8H2,1-2H3. The zero-order valence-electron chi connectivity index (χ0n) is 8.89. The Morgan fingerprint density at radius 2 is 2.14 bits per heavy atom. The highest BCUT2D eigenvalue weighted by molar-refractivity contribution is 6.31. The first kappa shape index (κ1) is 10.0. The zero-order chi connectivity index (χ0) is 10.1. The quantitative estimate of drug-likeness (QED) is 0.652. The molecule has 0 fully saturated rings. The maximum absolute atomic E-state index is 6.17. The topological polar surface area (TPSA) is 0 Å². The average Bonchev–Trinajstić information content (AvgIpc) is 2.17. The van der Waals surface area contributed by atoms with Crippen LogP contribution in [0.15, 0.2) is 18.2 Å². The van der Waals surface area contributed by atoms with Crippen LogP contribution in [-0.2, 0) is 12.8 Å². The van der Waals surface area contributed by atoms with Crippen LogP contribution < -0.4 is 0 Å². The van der Waals surface area contributed by atoms with Gasteiger partial charge < -0.3 is 0 Å². The molecule has 76 valence electrons. The van der Waals surface area contributed by atoms with Crippen LogP contribution in [0.5, 0.6) is 0 Å². The van der Waals surface area contributed by atoms with Gasteiger partial charge in [0.05, 0.1) is 0 Å². The van der Waals surface area contributed by atoms with Gasteiger partial charge in [0.2, 0.25) is 0 Å². The minimum Gasteiger partial charge on any atom is -0.0840 e. The van der Waals surface area contributed by atoms with E-state index in [-0.39, 0.29) is 0 Å². The van der Waals surface area contributed by atoms with E-state index in [1.807, 2.05) is 6.07 Å². The molecule has 0 N–H and O–H groups in total. The fourth-order valence-electron chi connectivity index (χ4n) is 2.36. The Balaban J connectivity index is 2.27. The summed E-state index contributed by atoms with van der Waals surface area (Å²) < 4.78 is 0. The predicted octanol–water partition coefficient (Wildman–Crippen LogP) is 4.10. The molecule has 0 radical (unpaired) electrons. The normalized spacial score (nSPS) is 21.0. The van der Waals surface area contributed by atoms with Crippen molar-refractivity contribution in [3.05, 3.63) is 34.3 Å². The molecule has 0 saturated carbocycles. The van der Waals surface area contributed by atoms with Crippen molar-refractivity contribution in [2.45, 2.75) is 33.1 Å². The predicted molar refractivity (Wildman–Crippen MR) is 61.8 cm³/mol. The molecule has 1 unspecified atom stereocenters. The van der Waals surface area contributed by atoms with Gasteiger partial charge in [0.1, 0.15) is 0 Å². The number of benzene rings is 1. The van der Waals surface area contributed by atoms with Crippen molar-refractivity contribution in [1.29, 1.82) is 0 Å². The Labute approximate surface area is 91.3 Å². The van der Waals surface area contributed by atoms with E-state index >= 15 is 0 Å². The Morgan fingerprint density at radius 1 is 1.36 bits per heavy atom. The van der Waals surface area contributed by atoms with Gasteiger partial charge in [-0.1, -0.05) is 37.6 Å². The van der Waals surface area contributed by atoms with Crippen LogP contribution in [0, 0.1) is 11.8 Å². The SMILES string of the molecule is CC(C)C1CCc2c(Cl)cccc2C1. The van der Waals surface area contributed by atoms with Crippen molar-refractivity contribution in [3.8, 4) is 0 Å². The maximum Gasteiger partial charge on any atom is 0.0440 e. The highest BCUT2D eigenvalue weighted by Crippen LogP contribution is 2.33. The molecular formula is C13H17Cl. The van der Waals surface area contributed by atoms with Crippen LogP contribution in [0.3, 0.4) is 0 Å². The summed E-state index contributed by atoms with van der Waals surface area (Å²) in [5, 5.41) is 0.963. The fraction of sp³-hybridized carbons (Fsp3) is 0.538. The molecule has 0 saturated heterocycles. The lowest BCUT2D eigenvalue weighted by Crippen LogP contribution is -2.19. The van der Waals surface area contributed by atoms with E-state index in [0.29, 0.717) is 0 Å². The van der Waals surface area contributed by atoms with Gasteiger partial charge in [-0.15, -0.1) is 0 Å². The lowest BCUT2D eigenvalue weighted by atomic mass is 9.78.